The maximum absolute atomic E-state index is 13.5. The van der Waals surface area contributed by atoms with Crippen molar-refractivity contribution in [2.45, 2.75) is 56.1 Å². The number of imidazole rings is 1. The summed E-state index contributed by atoms with van der Waals surface area (Å²) in [6.45, 7) is 0. The van der Waals surface area contributed by atoms with E-state index in [1.807, 2.05) is 6.07 Å². The minimum absolute atomic E-state index is 0.185. The number of hydrogen-bond acceptors (Lipinski definition) is 2. The zero-order valence-electron chi connectivity index (χ0n) is 11.3. The van der Waals surface area contributed by atoms with Crippen LogP contribution in [-0.4, -0.2) is 21.6 Å². The number of aromatic nitrogens is 2. The quantitative estimate of drug-likeness (QED) is 0.909. The van der Waals surface area contributed by atoms with Gasteiger partial charge in [0, 0.05) is 30.1 Å². The normalized spacial score (nSPS) is 32.4. The van der Waals surface area contributed by atoms with Gasteiger partial charge >= 0.3 is 0 Å². The Hall–Kier alpha value is -1.42. The van der Waals surface area contributed by atoms with Crippen LogP contribution in [0.1, 0.15) is 49.9 Å². The van der Waals surface area contributed by atoms with E-state index >= 15 is 0 Å². The summed E-state index contributed by atoms with van der Waals surface area (Å²) < 4.78 is 15.9. The molecular weight excluding hydrogens is 253 g/mol. The summed E-state index contributed by atoms with van der Waals surface area (Å²) >= 11 is 0. The van der Waals surface area contributed by atoms with Crippen LogP contribution in [0.25, 0.3) is 11.0 Å². The first-order chi connectivity index (χ1) is 9.79. The SMILES string of the molecule is Fc1ccc2c(c1)nc(C1CC3CCC1N3)n2C1CC1. The van der Waals surface area contributed by atoms with Crippen molar-refractivity contribution in [3.8, 4) is 0 Å². The highest BCUT2D eigenvalue weighted by molar-refractivity contribution is 5.76. The maximum atomic E-state index is 13.5. The van der Waals surface area contributed by atoms with Crippen LogP contribution in [0.5, 0.6) is 0 Å². The molecule has 3 aliphatic rings. The fourth-order valence-corrected chi connectivity index (χ4v) is 4.18. The lowest BCUT2D eigenvalue weighted by Crippen LogP contribution is -2.23. The van der Waals surface area contributed by atoms with Crippen molar-refractivity contribution in [2.24, 2.45) is 0 Å². The fraction of sp³-hybridized carbons (Fsp3) is 0.562. The first kappa shape index (κ1) is 11.3. The molecule has 3 unspecified atom stereocenters. The van der Waals surface area contributed by atoms with Crippen LogP contribution in [0.3, 0.4) is 0 Å². The van der Waals surface area contributed by atoms with Crippen LogP contribution in [0.2, 0.25) is 0 Å². The molecule has 2 aliphatic heterocycles. The number of rotatable bonds is 2. The molecule has 0 radical (unpaired) electrons. The van der Waals surface area contributed by atoms with Gasteiger partial charge in [-0.15, -0.1) is 0 Å². The summed E-state index contributed by atoms with van der Waals surface area (Å²) in [5, 5.41) is 3.69. The average molecular weight is 271 g/mol. The molecule has 104 valence electrons. The molecule has 3 heterocycles. The average Bonchev–Trinajstić information content (AvgIpc) is 2.92. The Morgan fingerprint density at radius 3 is 2.80 bits per heavy atom. The highest BCUT2D eigenvalue weighted by Gasteiger charge is 2.43. The Morgan fingerprint density at radius 2 is 2.10 bits per heavy atom. The van der Waals surface area contributed by atoms with Crippen molar-refractivity contribution < 1.29 is 4.39 Å². The van der Waals surface area contributed by atoms with E-state index in [2.05, 4.69) is 9.88 Å². The predicted molar refractivity (Wildman–Crippen MR) is 75.3 cm³/mol. The van der Waals surface area contributed by atoms with Gasteiger partial charge in [0.15, 0.2) is 0 Å². The third-order valence-electron chi connectivity index (χ3n) is 5.22. The van der Waals surface area contributed by atoms with Crippen LogP contribution in [-0.2, 0) is 0 Å². The predicted octanol–water partition coefficient (Wildman–Crippen LogP) is 3.12. The van der Waals surface area contributed by atoms with Crippen molar-refractivity contribution in [3.63, 3.8) is 0 Å². The molecule has 2 bridgehead atoms. The molecule has 2 saturated heterocycles. The van der Waals surface area contributed by atoms with Gasteiger partial charge in [-0.2, -0.15) is 0 Å². The fourth-order valence-electron chi connectivity index (χ4n) is 4.18. The first-order valence-corrected chi connectivity index (χ1v) is 7.73. The lowest BCUT2D eigenvalue weighted by atomic mass is 9.88. The van der Waals surface area contributed by atoms with Gasteiger partial charge in [-0.05, 0) is 44.2 Å². The molecule has 0 spiro atoms. The second-order valence-electron chi connectivity index (χ2n) is 6.59. The number of fused-ring (bicyclic) bond motifs is 3. The van der Waals surface area contributed by atoms with E-state index in [-0.39, 0.29) is 5.82 Å². The topological polar surface area (TPSA) is 29.9 Å². The van der Waals surface area contributed by atoms with Gasteiger partial charge in [-0.3, -0.25) is 0 Å². The first-order valence-electron chi connectivity index (χ1n) is 7.73. The Labute approximate surface area is 117 Å². The molecule has 0 amide bonds. The van der Waals surface area contributed by atoms with Gasteiger partial charge < -0.3 is 9.88 Å². The van der Waals surface area contributed by atoms with Crippen LogP contribution < -0.4 is 5.32 Å². The van der Waals surface area contributed by atoms with Gasteiger partial charge in [0.25, 0.3) is 0 Å². The molecule has 1 N–H and O–H groups in total. The van der Waals surface area contributed by atoms with Gasteiger partial charge in [0.1, 0.15) is 11.6 Å². The summed E-state index contributed by atoms with van der Waals surface area (Å²) in [6.07, 6.45) is 6.24. The smallest absolute Gasteiger partial charge is 0.125 e. The van der Waals surface area contributed by atoms with Gasteiger partial charge in [-0.1, -0.05) is 0 Å². The number of nitrogens with zero attached hydrogens (tertiary/aromatic N) is 2. The molecule has 1 aromatic heterocycles. The highest BCUT2D eigenvalue weighted by Crippen LogP contribution is 2.45. The zero-order valence-corrected chi connectivity index (χ0v) is 11.3. The van der Waals surface area contributed by atoms with Gasteiger partial charge in [0.05, 0.1) is 11.0 Å². The molecule has 2 aromatic rings. The van der Waals surface area contributed by atoms with E-state index in [4.69, 9.17) is 4.98 Å². The Morgan fingerprint density at radius 1 is 1.20 bits per heavy atom. The van der Waals surface area contributed by atoms with E-state index in [1.165, 1.54) is 37.9 Å². The molecule has 3 nitrogen and oxygen atoms in total. The number of halogens is 1. The molecule has 1 saturated carbocycles. The Balaban J connectivity index is 1.68. The van der Waals surface area contributed by atoms with Gasteiger partial charge in [0.2, 0.25) is 0 Å². The summed E-state index contributed by atoms with van der Waals surface area (Å²) in [6, 6.07) is 6.90. The van der Waals surface area contributed by atoms with Crippen molar-refractivity contribution >= 4 is 11.0 Å². The third kappa shape index (κ3) is 1.51. The largest absolute Gasteiger partial charge is 0.325 e. The summed E-state index contributed by atoms with van der Waals surface area (Å²) in [7, 11) is 0. The number of benzene rings is 1. The molecule has 4 heteroatoms. The van der Waals surface area contributed by atoms with E-state index in [0.29, 0.717) is 24.0 Å². The third-order valence-corrected chi connectivity index (χ3v) is 5.22. The van der Waals surface area contributed by atoms with E-state index in [9.17, 15) is 4.39 Å². The lowest BCUT2D eigenvalue weighted by molar-refractivity contribution is 0.470. The van der Waals surface area contributed by atoms with Gasteiger partial charge in [-0.25, -0.2) is 9.37 Å². The standard InChI is InChI=1S/C16H18FN3/c17-9-1-6-15-14(7-9)19-16(20(15)11-3-4-11)12-8-10-2-5-13(12)18-10/h1,6-7,10-13,18H,2-5,8H2. The molecule has 1 aromatic carbocycles. The van der Waals surface area contributed by atoms with Crippen LogP contribution in [0.4, 0.5) is 4.39 Å². The Bertz CT molecular complexity index is 688. The lowest BCUT2D eigenvalue weighted by Gasteiger charge is -2.21. The van der Waals surface area contributed by atoms with Crippen molar-refractivity contribution in [1.29, 1.82) is 0 Å². The van der Waals surface area contributed by atoms with Crippen LogP contribution in [0, 0.1) is 5.82 Å². The molecule has 3 atom stereocenters. The monoisotopic (exact) mass is 271 g/mol. The summed E-state index contributed by atoms with van der Waals surface area (Å²) in [5.41, 5.74) is 1.95. The second-order valence-corrected chi connectivity index (χ2v) is 6.59. The van der Waals surface area contributed by atoms with Crippen LogP contribution in [0.15, 0.2) is 18.2 Å². The molecule has 3 fully saturated rings. The molecule has 5 rings (SSSR count). The van der Waals surface area contributed by atoms with Crippen LogP contribution >= 0.6 is 0 Å². The van der Waals surface area contributed by atoms with Crippen molar-refractivity contribution in [3.05, 3.63) is 29.8 Å². The second kappa shape index (κ2) is 3.82. The minimum atomic E-state index is -0.185. The van der Waals surface area contributed by atoms with E-state index < -0.39 is 0 Å². The number of nitrogens with one attached hydrogen (secondary N) is 1. The molecule has 20 heavy (non-hydrogen) atoms. The highest BCUT2D eigenvalue weighted by atomic mass is 19.1. The van der Waals surface area contributed by atoms with E-state index in [0.717, 1.165) is 11.0 Å². The van der Waals surface area contributed by atoms with E-state index in [1.54, 1.807) is 12.1 Å². The van der Waals surface area contributed by atoms with Crippen molar-refractivity contribution in [2.75, 3.05) is 0 Å². The molecular formula is C16H18FN3. The minimum Gasteiger partial charge on any atom is -0.325 e. The molecule has 1 aliphatic carbocycles. The van der Waals surface area contributed by atoms with Crippen molar-refractivity contribution in [1.82, 2.24) is 14.9 Å². The summed E-state index contributed by atoms with van der Waals surface area (Å²) in [5.74, 6) is 1.54. The zero-order chi connectivity index (χ0) is 13.3. The summed E-state index contributed by atoms with van der Waals surface area (Å²) in [4.78, 5) is 4.82. The number of hydrogen-bond donors (Lipinski definition) is 1. The maximum Gasteiger partial charge on any atom is 0.125 e. The Kier molecular flexibility index (Phi) is 2.15.